The number of nitrogens with one attached hydrogen (secondary N) is 1. The molecule has 0 bridgehead atoms. The Labute approximate surface area is 174 Å². The second kappa shape index (κ2) is 15.6. The lowest BCUT2D eigenvalue weighted by atomic mass is 9.80. The lowest BCUT2D eigenvalue weighted by molar-refractivity contribution is -0.138. The van der Waals surface area contributed by atoms with E-state index in [1.54, 1.807) is 0 Å². The number of carboxylic acids is 2. The topological polar surface area (TPSA) is 153 Å². The summed E-state index contributed by atoms with van der Waals surface area (Å²) in [5.41, 5.74) is 5.27. The molecule has 2 rings (SSSR count). The molecule has 1 aliphatic heterocycles. The number of aliphatic hydroxyl groups excluding tert-OH is 1. The van der Waals surface area contributed by atoms with Gasteiger partial charge < -0.3 is 31.5 Å². The predicted molar refractivity (Wildman–Crippen MR) is 113 cm³/mol. The minimum absolute atomic E-state index is 0.155. The summed E-state index contributed by atoms with van der Waals surface area (Å²) < 4.78 is 0. The van der Waals surface area contributed by atoms with Crippen LogP contribution in [0.4, 0.5) is 0 Å². The second-order valence-electron chi connectivity index (χ2n) is 7.87. The molecule has 2 fully saturated rings. The van der Waals surface area contributed by atoms with E-state index in [0.29, 0.717) is 31.7 Å². The SMILES string of the molecule is CC.NC1C(O)CCCC1CCCC(=O)O.O=C(O)CCCCC1(O)CCNC1. The molecule has 29 heavy (non-hydrogen) atoms. The Balaban J connectivity index is 0.000000499. The van der Waals surface area contributed by atoms with Gasteiger partial charge >= 0.3 is 11.9 Å². The molecule has 2 aliphatic rings. The normalized spacial score (nSPS) is 28.5. The van der Waals surface area contributed by atoms with E-state index in [-0.39, 0.29) is 18.9 Å². The standard InChI is InChI=1S/C10H19NO3.C9H17NO3.C2H6/c11-10-7(3-1-5-8(10)12)4-2-6-9(13)14;11-8(12)3-1-2-4-9(13)5-6-10-7-9;1-2/h7-8,10,12H,1-6,11H2,(H,13,14);10,13H,1-7H2,(H,11,12);1-2H3. The van der Waals surface area contributed by atoms with Crippen molar-refractivity contribution in [1.29, 1.82) is 0 Å². The van der Waals surface area contributed by atoms with Gasteiger partial charge in [-0.1, -0.05) is 20.3 Å². The first-order valence-corrected chi connectivity index (χ1v) is 11.0. The van der Waals surface area contributed by atoms with Gasteiger partial charge in [0.25, 0.3) is 0 Å². The van der Waals surface area contributed by atoms with Crippen molar-refractivity contribution in [1.82, 2.24) is 5.32 Å². The van der Waals surface area contributed by atoms with E-state index in [4.69, 9.17) is 15.9 Å². The highest BCUT2D eigenvalue weighted by Crippen LogP contribution is 2.27. The molecule has 1 aliphatic carbocycles. The predicted octanol–water partition coefficient (Wildman–Crippen LogP) is 2.11. The first-order valence-electron chi connectivity index (χ1n) is 11.0. The Bertz CT molecular complexity index is 454. The number of carboxylic acid groups (broad SMARTS) is 2. The van der Waals surface area contributed by atoms with Crippen LogP contribution in [-0.4, -0.2) is 63.2 Å². The number of aliphatic carboxylic acids is 2. The number of hydrogen-bond donors (Lipinski definition) is 6. The van der Waals surface area contributed by atoms with Crippen molar-refractivity contribution in [3.8, 4) is 0 Å². The van der Waals surface area contributed by atoms with Gasteiger partial charge in [0.15, 0.2) is 0 Å². The fourth-order valence-corrected chi connectivity index (χ4v) is 3.81. The molecule has 172 valence electrons. The first-order chi connectivity index (χ1) is 13.7. The largest absolute Gasteiger partial charge is 0.481 e. The molecule has 4 unspecified atom stereocenters. The highest BCUT2D eigenvalue weighted by atomic mass is 16.4. The third-order valence-electron chi connectivity index (χ3n) is 5.53. The number of unbranched alkanes of at least 4 members (excludes halogenated alkanes) is 1. The monoisotopic (exact) mass is 418 g/mol. The Hall–Kier alpha value is -1.22. The van der Waals surface area contributed by atoms with Crippen LogP contribution in [0, 0.1) is 5.92 Å². The summed E-state index contributed by atoms with van der Waals surface area (Å²) in [5, 5.41) is 39.3. The molecule has 1 heterocycles. The average molecular weight is 419 g/mol. The maximum absolute atomic E-state index is 10.3. The molecule has 8 nitrogen and oxygen atoms in total. The molecule has 1 saturated carbocycles. The molecule has 0 aromatic carbocycles. The molecule has 0 radical (unpaired) electrons. The van der Waals surface area contributed by atoms with Crippen LogP contribution in [0.25, 0.3) is 0 Å². The number of hydrogen-bond acceptors (Lipinski definition) is 6. The van der Waals surface area contributed by atoms with Crippen LogP contribution in [0.3, 0.4) is 0 Å². The zero-order valence-electron chi connectivity index (χ0n) is 18.1. The maximum Gasteiger partial charge on any atom is 0.303 e. The summed E-state index contributed by atoms with van der Waals surface area (Å²) in [6.45, 7) is 5.52. The number of carbonyl (C=O) groups is 2. The van der Waals surface area contributed by atoms with Gasteiger partial charge in [-0.15, -0.1) is 0 Å². The molecule has 0 aromatic rings. The summed E-state index contributed by atoms with van der Waals surface area (Å²) in [5.74, 6) is -1.20. The van der Waals surface area contributed by atoms with Crippen molar-refractivity contribution in [2.45, 2.75) is 102 Å². The zero-order valence-corrected chi connectivity index (χ0v) is 18.1. The smallest absolute Gasteiger partial charge is 0.303 e. The molecular weight excluding hydrogens is 376 g/mol. The maximum atomic E-state index is 10.3. The van der Waals surface area contributed by atoms with E-state index in [1.807, 2.05) is 13.8 Å². The van der Waals surface area contributed by atoms with Gasteiger partial charge in [-0.3, -0.25) is 9.59 Å². The van der Waals surface area contributed by atoms with Crippen molar-refractivity contribution < 1.29 is 30.0 Å². The third-order valence-corrected chi connectivity index (χ3v) is 5.53. The van der Waals surface area contributed by atoms with Crippen LogP contribution in [0.2, 0.25) is 0 Å². The summed E-state index contributed by atoms with van der Waals surface area (Å²) in [6.07, 6.45) is 7.31. The molecule has 7 N–H and O–H groups in total. The van der Waals surface area contributed by atoms with Gasteiger partial charge in [0.05, 0.1) is 11.7 Å². The van der Waals surface area contributed by atoms with Crippen molar-refractivity contribution in [2.75, 3.05) is 13.1 Å². The summed E-state index contributed by atoms with van der Waals surface area (Å²) in [4.78, 5) is 20.5. The van der Waals surface area contributed by atoms with E-state index in [9.17, 15) is 19.8 Å². The highest BCUT2D eigenvalue weighted by molar-refractivity contribution is 5.66. The minimum atomic E-state index is -0.755. The molecule has 0 aromatic heterocycles. The Morgan fingerprint density at radius 1 is 1.07 bits per heavy atom. The van der Waals surface area contributed by atoms with E-state index in [0.717, 1.165) is 45.1 Å². The average Bonchev–Trinajstić information content (AvgIpc) is 3.11. The van der Waals surface area contributed by atoms with Crippen LogP contribution < -0.4 is 11.1 Å². The second-order valence-corrected chi connectivity index (χ2v) is 7.87. The quantitative estimate of drug-likeness (QED) is 0.311. The van der Waals surface area contributed by atoms with Crippen LogP contribution in [0.15, 0.2) is 0 Å². The van der Waals surface area contributed by atoms with Crippen LogP contribution in [0.1, 0.15) is 84.5 Å². The molecule has 0 amide bonds. The summed E-state index contributed by atoms with van der Waals surface area (Å²) in [6, 6.07) is -0.155. The van der Waals surface area contributed by atoms with Crippen LogP contribution in [-0.2, 0) is 9.59 Å². The van der Waals surface area contributed by atoms with Crippen molar-refractivity contribution >= 4 is 11.9 Å². The van der Waals surface area contributed by atoms with E-state index < -0.39 is 23.6 Å². The van der Waals surface area contributed by atoms with E-state index in [1.165, 1.54) is 0 Å². The summed E-state index contributed by atoms with van der Waals surface area (Å²) in [7, 11) is 0. The number of rotatable bonds is 9. The van der Waals surface area contributed by atoms with Gasteiger partial charge in [0.1, 0.15) is 0 Å². The fourth-order valence-electron chi connectivity index (χ4n) is 3.81. The van der Waals surface area contributed by atoms with E-state index in [2.05, 4.69) is 5.32 Å². The lowest BCUT2D eigenvalue weighted by Crippen LogP contribution is -2.44. The van der Waals surface area contributed by atoms with Crippen LogP contribution in [0.5, 0.6) is 0 Å². The molecular formula is C21H42N2O6. The Kier molecular flexibility index (Phi) is 14.9. The van der Waals surface area contributed by atoms with Gasteiger partial charge in [0.2, 0.25) is 0 Å². The Morgan fingerprint density at radius 3 is 2.24 bits per heavy atom. The molecule has 8 heteroatoms. The molecule has 1 saturated heterocycles. The number of aliphatic hydroxyl groups is 2. The lowest BCUT2D eigenvalue weighted by Gasteiger charge is -2.32. The van der Waals surface area contributed by atoms with Crippen molar-refractivity contribution in [2.24, 2.45) is 11.7 Å². The fraction of sp³-hybridized carbons (Fsp3) is 0.905. The minimum Gasteiger partial charge on any atom is -0.481 e. The van der Waals surface area contributed by atoms with Crippen molar-refractivity contribution in [3.05, 3.63) is 0 Å². The third kappa shape index (κ3) is 12.8. The van der Waals surface area contributed by atoms with Gasteiger partial charge in [-0.2, -0.15) is 0 Å². The van der Waals surface area contributed by atoms with Crippen molar-refractivity contribution in [3.63, 3.8) is 0 Å². The molecule has 4 atom stereocenters. The van der Waals surface area contributed by atoms with E-state index >= 15 is 0 Å². The van der Waals surface area contributed by atoms with Crippen LogP contribution >= 0.6 is 0 Å². The zero-order chi connectivity index (χ0) is 22.3. The summed E-state index contributed by atoms with van der Waals surface area (Å²) >= 11 is 0. The molecule has 0 spiro atoms. The van der Waals surface area contributed by atoms with Gasteiger partial charge in [-0.05, 0) is 63.8 Å². The van der Waals surface area contributed by atoms with Gasteiger partial charge in [-0.25, -0.2) is 0 Å². The number of β-amino-alcohol motifs (C(OH)–C–C–N with tert-alkyl or cyclic N) is 1. The number of nitrogens with two attached hydrogens (primary N) is 1. The Morgan fingerprint density at radius 2 is 1.69 bits per heavy atom. The van der Waals surface area contributed by atoms with Gasteiger partial charge in [0, 0.05) is 25.4 Å². The first kappa shape index (κ1) is 27.8. The highest BCUT2D eigenvalue weighted by Gasteiger charge is 2.30.